The van der Waals surface area contributed by atoms with E-state index >= 15 is 0 Å². The summed E-state index contributed by atoms with van der Waals surface area (Å²) in [5.41, 5.74) is 2.97. The highest BCUT2D eigenvalue weighted by Gasteiger charge is 2.12. The Hall–Kier alpha value is -3.06. The number of hydrogen-bond acceptors (Lipinski definition) is 6. The van der Waals surface area contributed by atoms with Gasteiger partial charge in [0.25, 0.3) is 0 Å². The van der Waals surface area contributed by atoms with Crippen LogP contribution in [0.2, 0.25) is 0 Å². The lowest BCUT2D eigenvalue weighted by Crippen LogP contribution is -2.06. The third kappa shape index (κ3) is 4.80. The number of carbonyl (C=O) groups is 1. The first-order valence-corrected chi connectivity index (χ1v) is 9.38. The van der Waals surface area contributed by atoms with E-state index in [4.69, 9.17) is 13.9 Å². The number of benzene rings is 2. The summed E-state index contributed by atoms with van der Waals surface area (Å²) < 4.78 is 16.8. The van der Waals surface area contributed by atoms with E-state index in [2.05, 4.69) is 26.2 Å². The number of rotatable bonds is 7. The van der Waals surface area contributed by atoms with Crippen molar-refractivity contribution in [2.24, 2.45) is 0 Å². The number of halogens is 1. The first-order valence-electron chi connectivity index (χ1n) is 8.59. The average Bonchev–Trinajstić information content (AvgIpc) is 3.22. The third-order valence-electron chi connectivity index (χ3n) is 3.86. The lowest BCUT2D eigenvalue weighted by molar-refractivity contribution is -0.137. The smallest absolute Gasteiger partial charge is 0.332 e. The lowest BCUT2D eigenvalue weighted by atomic mass is 10.1. The summed E-state index contributed by atoms with van der Waals surface area (Å²) in [6.07, 6.45) is 4.43. The molecule has 0 saturated heterocycles. The Kier molecular flexibility index (Phi) is 6.49. The zero-order valence-electron chi connectivity index (χ0n) is 15.4. The first kappa shape index (κ1) is 19.7. The van der Waals surface area contributed by atoms with Crippen LogP contribution < -0.4 is 10.1 Å². The number of aromatic nitrogens is 1. The van der Waals surface area contributed by atoms with Gasteiger partial charge in [-0.25, -0.2) is 9.78 Å². The molecule has 28 heavy (non-hydrogen) atoms. The summed E-state index contributed by atoms with van der Waals surface area (Å²) in [6, 6.07) is 13.2. The number of nitrogens with zero attached hydrogens (tertiary/aromatic N) is 1. The number of ether oxygens (including phenoxy) is 2. The monoisotopic (exact) mass is 442 g/mol. The minimum Gasteiger partial charge on any atom is -0.496 e. The molecule has 1 aromatic heterocycles. The maximum atomic E-state index is 12.0. The van der Waals surface area contributed by atoms with Crippen molar-refractivity contribution in [3.05, 3.63) is 71.2 Å². The van der Waals surface area contributed by atoms with Gasteiger partial charge in [-0.1, -0.05) is 28.1 Å². The van der Waals surface area contributed by atoms with Crippen molar-refractivity contribution in [2.45, 2.75) is 6.92 Å². The maximum Gasteiger partial charge on any atom is 0.332 e. The summed E-state index contributed by atoms with van der Waals surface area (Å²) in [4.78, 5) is 16.0. The number of carbonyl (C=O) groups excluding carboxylic acids is 1. The van der Waals surface area contributed by atoms with Crippen molar-refractivity contribution in [3.8, 4) is 17.1 Å². The van der Waals surface area contributed by atoms with Crippen LogP contribution in [0.5, 0.6) is 5.75 Å². The molecule has 0 unspecified atom stereocenters. The Morgan fingerprint density at radius 2 is 2.14 bits per heavy atom. The van der Waals surface area contributed by atoms with Crippen LogP contribution in [0.25, 0.3) is 17.0 Å². The summed E-state index contributed by atoms with van der Waals surface area (Å²) in [5.74, 6) is 0.805. The van der Waals surface area contributed by atoms with E-state index in [1.807, 2.05) is 42.5 Å². The van der Waals surface area contributed by atoms with Gasteiger partial charge in [0.15, 0.2) is 12.2 Å². The van der Waals surface area contributed by atoms with Crippen LogP contribution in [0.3, 0.4) is 0 Å². The predicted molar refractivity (Wildman–Crippen MR) is 111 cm³/mol. The molecule has 1 heterocycles. The van der Waals surface area contributed by atoms with Crippen LogP contribution in [0.1, 0.15) is 12.5 Å². The van der Waals surface area contributed by atoms with Gasteiger partial charge in [0.05, 0.1) is 31.2 Å². The molecule has 0 aliphatic carbocycles. The quantitative estimate of drug-likeness (QED) is 0.403. The standard InChI is InChI=1S/C21H19BrN2O4/c1-3-27-21(25)11-18(14-5-4-6-15(22)9-14)24-16-7-8-17(19(10-16)26-2)20-12-23-13-28-20/h4-13,24H,3H2,1-2H3/b18-11-. The van der Waals surface area contributed by atoms with Gasteiger partial charge in [0.2, 0.25) is 0 Å². The number of anilines is 1. The normalized spacial score (nSPS) is 11.2. The fourth-order valence-corrected chi connectivity index (χ4v) is 3.03. The number of hydrogen-bond donors (Lipinski definition) is 1. The Morgan fingerprint density at radius 1 is 1.29 bits per heavy atom. The highest BCUT2D eigenvalue weighted by molar-refractivity contribution is 9.10. The van der Waals surface area contributed by atoms with E-state index in [1.165, 1.54) is 12.5 Å². The van der Waals surface area contributed by atoms with Crippen LogP contribution in [0, 0.1) is 0 Å². The van der Waals surface area contributed by atoms with Crippen molar-refractivity contribution in [1.82, 2.24) is 4.98 Å². The van der Waals surface area contributed by atoms with Gasteiger partial charge in [-0.3, -0.25) is 0 Å². The summed E-state index contributed by atoms with van der Waals surface area (Å²) in [7, 11) is 1.59. The van der Waals surface area contributed by atoms with Crippen LogP contribution in [-0.2, 0) is 9.53 Å². The fourth-order valence-electron chi connectivity index (χ4n) is 2.63. The second-order valence-corrected chi connectivity index (χ2v) is 6.64. The van der Waals surface area contributed by atoms with E-state index in [1.54, 1.807) is 20.2 Å². The Balaban J connectivity index is 1.95. The van der Waals surface area contributed by atoms with E-state index in [0.29, 0.717) is 23.8 Å². The second-order valence-electron chi connectivity index (χ2n) is 5.73. The van der Waals surface area contributed by atoms with Crippen LogP contribution in [-0.4, -0.2) is 24.7 Å². The summed E-state index contributed by atoms with van der Waals surface area (Å²) >= 11 is 3.46. The fraction of sp³-hybridized carbons (Fsp3) is 0.143. The van der Waals surface area contributed by atoms with Gasteiger partial charge >= 0.3 is 5.97 Å². The molecule has 144 valence electrons. The molecule has 7 heteroatoms. The van der Waals surface area contributed by atoms with E-state index in [0.717, 1.165) is 21.3 Å². The van der Waals surface area contributed by atoms with Crippen molar-refractivity contribution >= 4 is 33.3 Å². The molecule has 3 aromatic rings. The molecule has 0 radical (unpaired) electrons. The molecule has 2 aromatic carbocycles. The number of methoxy groups -OCH3 is 1. The van der Waals surface area contributed by atoms with E-state index in [9.17, 15) is 4.79 Å². The van der Waals surface area contributed by atoms with Crippen LogP contribution in [0.15, 0.2) is 70.0 Å². The molecule has 0 spiro atoms. The molecule has 6 nitrogen and oxygen atoms in total. The molecule has 3 rings (SSSR count). The second kappa shape index (κ2) is 9.23. The van der Waals surface area contributed by atoms with Crippen molar-refractivity contribution in [1.29, 1.82) is 0 Å². The van der Waals surface area contributed by atoms with Crippen molar-refractivity contribution < 1.29 is 18.7 Å². The number of oxazole rings is 1. The van der Waals surface area contributed by atoms with Gasteiger partial charge in [-0.2, -0.15) is 0 Å². The number of esters is 1. The topological polar surface area (TPSA) is 73.6 Å². The highest BCUT2D eigenvalue weighted by Crippen LogP contribution is 2.33. The zero-order valence-corrected chi connectivity index (χ0v) is 17.0. The minimum atomic E-state index is -0.421. The number of nitrogens with one attached hydrogen (secondary N) is 1. The van der Waals surface area contributed by atoms with Crippen molar-refractivity contribution in [3.63, 3.8) is 0 Å². The highest BCUT2D eigenvalue weighted by atomic mass is 79.9. The first-order chi connectivity index (χ1) is 13.6. The zero-order chi connectivity index (χ0) is 19.9. The largest absolute Gasteiger partial charge is 0.496 e. The minimum absolute atomic E-state index is 0.306. The SMILES string of the molecule is CCOC(=O)/C=C(\Nc1ccc(-c2cnco2)c(OC)c1)c1cccc(Br)c1. The molecule has 0 atom stereocenters. The van der Waals surface area contributed by atoms with E-state index in [-0.39, 0.29) is 0 Å². The summed E-state index contributed by atoms with van der Waals surface area (Å²) in [6.45, 7) is 2.08. The van der Waals surface area contributed by atoms with Gasteiger partial charge in [-0.15, -0.1) is 0 Å². The molecule has 0 bridgehead atoms. The van der Waals surface area contributed by atoms with Gasteiger partial charge in [0.1, 0.15) is 5.75 Å². The van der Waals surface area contributed by atoms with Gasteiger partial charge in [-0.05, 0) is 36.8 Å². The van der Waals surface area contributed by atoms with Crippen LogP contribution in [0.4, 0.5) is 5.69 Å². The molecule has 0 fully saturated rings. The predicted octanol–water partition coefficient (Wildman–Crippen LogP) is 5.13. The van der Waals surface area contributed by atoms with Gasteiger partial charge in [0, 0.05) is 22.3 Å². The molecule has 0 aliphatic heterocycles. The molecular weight excluding hydrogens is 424 g/mol. The molecule has 1 N–H and O–H groups in total. The Morgan fingerprint density at radius 3 is 2.82 bits per heavy atom. The summed E-state index contributed by atoms with van der Waals surface area (Å²) in [5, 5.41) is 3.27. The maximum absolute atomic E-state index is 12.0. The van der Waals surface area contributed by atoms with E-state index < -0.39 is 5.97 Å². The lowest BCUT2D eigenvalue weighted by Gasteiger charge is -2.14. The van der Waals surface area contributed by atoms with Gasteiger partial charge < -0.3 is 19.2 Å². The average molecular weight is 443 g/mol. The van der Waals surface area contributed by atoms with Crippen LogP contribution >= 0.6 is 15.9 Å². The molecule has 0 aliphatic rings. The molecular formula is C21H19BrN2O4. The third-order valence-corrected chi connectivity index (χ3v) is 4.36. The Labute approximate surface area is 171 Å². The Bertz CT molecular complexity index is 984. The molecule has 0 amide bonds. The van der Waals surface area contributed by atoms with Crippen molar-refractivity contribution in [2.75, 3.05) is 19.0 Å². The molecule has 0 saturated carbocycles.